The van der Waals surface area contributed by atoms with Crippen LogP contribution < -0.4 is 5.32 Å². The smallest absolute Gasteiger partial charge is 0.161 e. The summed E-state index contributed by atoms with van der Waals surface area (Å²) in [6.45, 7) is 0. The van der Waals surface area contributed by atoms with Gasteiger partial charge in [-0.1, -0.05) is 41.9 Å². The predicted octanol–water partition coefficient (Wildman–Crippen LogP) is 5.13. The molecule has 0 bridgehead atoms. The molecule has 0 aliphatic carbocycles. The summed E-state index contributed by atoms with van der Waals surface area (Å²) in [6.07, 6.45) is 0. The summed E-state index contributed by atoms with van der Waals surface area (Å²) in [7, 11) is 1.87. The average molecular weight is 342 g/mol. The van der Waals surface area contributed by atoms with Gasteiger partial charge in [-0.2, -0.15) is 0 Å². The lowest BCUT2D eigenvalue weighted by molar-refractivity contribution is 1.09. The molecule has 5 heteroatoms. The van der Waals surface area contributed by atoms with Gasteiger partial charge in [0.25, 0.3) is 0 Å². The Hall–Kier alpha value is -2.04. The first-order valence-electron chi connectivity index (χ1n) is 7.24. The molecular weight excluding hydrogens is 326 g/mol. The van der Waals surface area contributed by atoms with Gasteiger partial charge in [0, 0.05) is 34.3 Å². The summed E-state index contributed by atoms with van der Waals surface area (Å²) in [5.74, 6) is 2.34. The van der Waals surface area contributed by atoms with Gasteiger partial charge in [-0.25, -0.2) is 9.97 Å². The van der Waals surface area contributed by atoms with E-state index < -0.39 is 0 Å². The van der Waals surface area contributed by atoms with Crippen molar-refractivity contribution in [2.75, 3.05) is 12.4 Å². The molecule has 23 heavy (non-hydrogen) atoms. The van der Waals surface area contributed by atoms with Crippen LogP contribution in [0.4, 0.5) is 5.82 Å². The van der Waals surface area contributed by atoms with E-state index in [1.54, 1.807) is 11.8 Å². The van der Waals surface area contributed by atoms with Crippen LogP contribution in [0.2, 0.25) is 5.02 Å². The maximum absolute atomic E-state index is 5.92. The van der Waals surface area contributed by atoms with E-state index in [0.29, 0.717) is 0 Å². The van der Waals surface area contributed by atoms with Crippen LogP contribution in [0.1, 0.15) is 5.69 Å². The number of rotatable bonds is 5. The summed E-state index contributed by atoms with van der Waals surface area (Å²) < 4.78 is 0. The van der Waals surface area contributed by atoms with Crippen LogP contribution in [0.3, 0.4) is 0 Å². The molecule has 0 atom stereocenters. The van der Waals surface area contributed by atoms with Gasteiger partial charge >= 0.3 is 0 Å². The molecule has 0 aliphatic rings. The zero-order valence-electron chi connectivity index (χ0n) is 12.7. The van der Waals surface area contributed by atoms with Gasteiger partial charge in [0.2, 0.25) is 0 Å². The zero-order chi connectivity index (χ0) is 16.1. The van der Waals surface area contributed by atoms with Gasteiger partial charge in [0.05, 0.1) is 5.69 Å². The highest BCUT2D eigenvalue weighted by Gasteiger charge is 2.07. The van der Waals surface area contributed by atoms with E-state index in [1.807, 2.05) is 67.7 Å². The largest absolute Gasteiger partial charge is 0.373 e. The first-order chi connectivity index (χ1) is 11.2. The van der Waals surface area contributed by atoms with E-state index >= 15 is 0 Å². The molecule has 1 aromatic heterocycles. The molecule has 0 saturated heterocycles. The molecule has 2 aromatic carbocycles. The van der Waals surface area contributed by atoms with Gasteiger partial charge in [0.15, 0.2) is 5.82 Å². The van der Waals surface area contributed by atoms with Crippen LogP contribution in [0, 0.1) is 0 Å². The van der Waals surface area contributed by atoms with E-state index in [1.165, 1.54) is 4.90 Å². The molecule has 116 valence electrons. The van der Waals surface area contributed by atoms with Gasteiger partial charge < -0.3 is 5.32 Å². The number of hydrogen-bond acceptors (Lipinski definition) is 4. The molecule has 0 radical (unpaired) electrons. The zero-order valence-corrected chi connectivity index (χ0v) is 14.2. The van der Waals surface area contributed by atoms with Gasteiger partial charge in [-0.05, 0) is 24.3 Å². The second kappa shape index (κ2) is 7.49. The highest BCUT2D eigenvalue weighted by molar-refractivity contribution is 7.98. The molecule has 1 heterocycles. The Balaban J connectivity index is 1.82. The van der Waals surface area contributed by atoms with Crippen molar-refractivity contribution >= 4 is 29.2 Å². The first kappa shape index (κ1) is 15.8. The van der Waals surface area contributed by atoms with Crippen molar-refractivity contribution in [1.82, 2.24) is 9.97 Å². The Morgan fingerprint density at radius 1 is 1.00 bits per heavy atom. The molecule has 3 rings (SSSR count). The highest BCUT2D eigenvalue weighted by atomic mass is 35.5. The Bertz CT molecular complexity index is 776. The number of anilines is 1. The second-order valence-electron chi connectivity index (χ2n) is 4.93. The summed E-state index contributed by atoms with van der Waals surface area (Å²) in [4.78, 5) is 10.4. The summed E-state index contributed by atoms with van der Waals surface area (Å²) in [5.41, 5.74) is 2.01. The number of thioether (sulfide) groups is 1. The lowest BCUT2D eigenvalue weighted by Crippen LogP contribution is -2.00. The molecule has 0 aliphatic heterocycles. The van der Waals surface area contributed by atoms with E-state index in [0.717, 1.165) is 33.7 Å². The lowest BCUT2D eigenvalue weighted by Gasteiger charge is -2.08. The van der Waals surface area contributed by atoms with E-state index in [9.17, 15) is 0 Å². The summed E-state index contributed by atoms with van der Waals surface area (Å²) in [5, 5.41) is 3.86. The van der Waals surface area contributed by atoms with Crippen molar-refractivity contribution in [2.45, 2.75) is 10.6 Å². The maximum atomic E-state index is 5.92. The van der Waals surface area contributed by atoms with Crippen molar-refractivity contribution < 1.29 is 0 Å². The Morgan fingerprint density at radius 2 is 1.74 bits per heavy atom. The van der Waals surface area contributed by atoms with Gasteiger partial charge in [-0.15, -0.1) is 11.8 Å². The summed E-state index contributed by atoms with van der Waals surface area (Å²) in [6, 6.07) is 19.8. The molecule has 0 amide bonds. The van der Waals surface area contributed by atoms with E-state index in [4.69, 9.17) is 11.6 Å². The fourth-order valence-corrected chi connectivity index (χ4v) is 3.02. The number of nitrogens with one attached hydrogen (secondary N) is 1. The number of halogens is 1. The topological polar surface area (TPSA) is 37.8 Å². The molecule has 0 fully saturated rings. The van der Waals surface area contributed by atoms with Crippen LogP contribution in [0.15, 0.2) is 65.6 Å². The van der Waals surface area contributed by atoms with Crippen LogP contribution in [-0.2, 0) is 5.75 Å². The summed E-state index contributed by atoms with van der Waals surface area (Å²) >= 11 is 7.65. The fraction of sp³-hybridized carbons (Fsp3) is 0.111. The molecule has 3 aromatic rings. The minimum atomic E-state index is 0.740. The molecular formula is C18H16ClN3S. The number of hydrogen-bond donors (Lipinski definition) is 1. The van der Waals surface area contributed by atoms with Crippen molar-refractivity contribution in [1.29, 1.82) is 0 Å². The van der Waals surface area contributed by atoms with Crippen molar-refractivity contribution in [2.24, 2.45) is 0 Å². The SMILES string of the molecule is CNc1cc(CSc2ccc(Cl)cc2)nc(-c2ccccc2)n1. The minimum absolute atomic E-state index is 0.740. The average Bonchev–Trinajstić information content (AvgIpc) is 2.61. The quantitative estimate of drug-likeness (QED) is 0.653. The third-order valence-electron chi connectivity index (χ3n) is 3.27. The van der Waals surface area contributed by atoms with Gasteiger partial charge in [0.1, 0.15) is 5.82 Å². The van der Waals surface area contributed by atoms with Crippen LogP contribution in [0.25, 0.3) is 11.4 Å². The van der Waals surface area contributed by atoms with E-state index in [-0.39, 0.29) is 0 Å². The molecule has 0 spiro atoms. The minimum Gasteiger partial charge on any atom is -0.373 e. The van der Waals surface area contributed by atoms with Crippen LogP contribution >= 0.6 is 23.4 Å². The molecule has 3 nitrogen and oxygen atoms in total. The normalized spacial score (nSPS) is 10.5. The highest BCUT2D eigenvalue weighted by Crippen LogP contribution is 2.25. The standard InChI is InChI=1S/C18H16ClN3S/c1-20-17-11-15(12-23-16-9-7-14(19)8-10-16)21-18(22-17)13-5-3-2-4-6-13/h2-11H,12H2,1H3,(H,20,21,22). The fourth-order valence-electron chi connectivity index (χ4n) is 2.10. The third kappa shape index (κ3) is 4.24. The van der Waals surface area contributed by atoms with Crippen molar-refractivity contribution in [3.05, 3.63) is 71.4 Å². The van der Waals surface area contributed by atoms with Crippen molar-refractivity contribution in [3.63, 3.8) is 0 Å². The van der Waals surface area contributed by atoms with Crippen LogP contribution in [-0.4, -0.2) is 17.0 Å². The Labute approximate surface area is 145 Å². The molecule has 1 N–H and O–H groups in total. The lowest BCUT2D eigenvalue weighted by atomic mass is 10.2. The predicted molar refractivity (Wildman–Crippen MR) is 98.0 cm³/mol. The Kier molecular flexibility index (Phi) is 5.16. The van der Waals surface area contributed by atoms with E-state index in [2.05, 4.69) is 15.3 Å². The Morgan fingerprint density at radius 3 is 2.43 bits per heavy atom. The second-order valence-corrected chi connectivity index (χ2v) is 6.41. The number of aromatic nitrogens is 2. The monoisotopic (exact) mass is 341 g/mol. The number of nitrogens with zero attached hydrogens (tertiary/aromatic N) is 2. The number of benzene rings is 2. The van der Waals surface area contributed by atoms with Crippen LogP contribution in [0.5, 0.6) is 0 Å². The maximum Gasteiger partial charge on any atom is 0.161 e. The molecule has 0 unspecified atom stereocenters. The first-order valence-corrected chi connectivity index (χ1v) is 8.60. The van der Waals surface area contributed by atoms with Crippen molar-refractivity contribution in [3.8, 4) is 11.4 Å². The van der Waals surface area contributed by atoms with Gasteiger partial charge in [-0.3, -0.25) is 0 Å². The molecule has 0 saturated carbocycles. The third-order valence-corrected chi connectivity index (χ3v) is 4.57.